The van der Waals surface area contributed by atoms with Crippen LogP contribution in [0.4, 0.5) is 0 Å². The molecule has 1 aliphatic rings. The van der Waals surface area contributed by atoms with Gasteiger partial charge < -0.3 is 10.8 Å². The molecule has 0 saturated carbocycles. The minimum absolute atomic E-state index is 0.221. The first-order valence-electron chi connectivity index (χ1n) is 4.77. The Balaban J connectivity index is 2.34. The molecule has 0 amide bonds. The molecule has 0 aromatic rings. The Kier molecular flexibility index (Phi) is 3.50. The summed E-state index contributed by atoms with van der Waals surface area (Å²) in [6.07, 6.45) is 1.91. The number of nitrogens with zero attached hydrogens (tertiary/aromatic N) is 1. The summed E-state index contributed by atoms with van der Waals surface area (Å²) in [6, 6.07) is 0.897. The fraction of sp³-hybridized carbons (Fsp3) is 1.00. The maximum Gasteiger partial charge on any atom is 0.0639 e. The van der Waals surface area contributed by atoms with Crippen LogP contribution in [-0.4, -0.2) is 41.3 Å². The summed E-state index contributed by atoms with van der Waals surface area (Å²) in [7, 11) is 0. The summed E-state index contributed by atoms with van der Waals surface area (Å²) >= 11 is 0. The van der Waals surface area contributed by atoms with Gasteiger partial charge in [0.05, 0.1) is 6.10 Å². The average Bonchev–Trinajstić information content (AvgIpc) is 1.94. The fourth-order valence-corrected chi connectivity index (χ4v) is 1.87. The zero-order valence-electron chi connectivity index (χ0n) is 8.03. The zero-order valence-corrected chi connectivity index (χ0v) is 8.03. The van der Waals surface area contributed by atoms with Gasteiger partial charge in [0.15, 0.2) is 0 Å². The zero-order chi connectivity index (χ0) is 9.14. The molecule has 0 bridgehead atoms. The molecule has 1 heterocycles. The van der Waals surface area contributed by atoms with Gasteiger partial charge in [-0.3, -0.25) is 4.90 Å². The quantitative estimate of drug-likeness (QED) is 0.624. The molecule has 1 aliphatic heterocycles. The number of aliphatic hydroxyl groups excluding tert-OH is 1. The lowest BCUT2D eigenvalue weighted by Crippen LogP contribution is -2.47. The SMILES string of the molecule is CC1CC(N)CCN1C[C@@H](C)O. The molecule has 3 heteroatoms. The third-order valence-electron chi connectivity index (χ3n) is 2.55. The van der Waals surface area contributed by atoms with Crippen molar-refractivity contribution in [2.75, 3.05) is 13.1 Å². The van der Waals surface area contributed by atoms with Crippen molar-refractivity contribution in [2.24, 2.45) is 5.73 Å². The standard InChI is InChI=1S/C9H20N2O/c1-7-5-9(10)3-4-11(7)6-8(2)12/h7-9,12H,3-6,10H2,1-2H3/t7?,8-,9?/m1/s1. The lowest BCUT2D eigenvalue weighted by Gasteiger charge is -2.36. The molecule has 0 aromatic carbocycles. The second kappa shape index (κ2) is 4.21. The third-order valence-corrected chi connectivity index (χ3v) is 2.55. The van der Waals surface area contributed by atoms with Crippen LogP contribution >= 0.6 is 0 Å². The number of hydrogen-bond donors (Lipinski definition) is 2. The molecule has 1 fully saturated rings. The molecular formula is C9H20N2O. The Hall–Kier alpha value is -0.120. The predicted octanol–water partition coefficient (Wildman–Crippen LogP) is 0.179. The van der Waals surface area contributed by atoms with Crippen LogP contribution in [0.25, 0.3) is 0 Å². The Bertz CT molecular complexity index is 138. The summed E-state index contributed by atoms with van der Waals surface area (Å²) in [4.78, 5) is 2.31. The molecule has 0 radical (unpaired) electrons. The first kappa shape index (κ1) is 9.96. The first-order valence-corrected chi connectivity index (χ1v) is 4.77. The normalized spacial score (nSPS) is 35.0. The number of piperidine rings is 1. The summed E-state index contributed by atoms with van der Waals surface area (Å²) in [5.74, 6) is 0. The number of hydrogen-bond acceptors (Lipinski definition) is 3. The minimum atomic E-state index is -0.221. The second-order valence-electron chi connectivity index (χ2n) is 3.98. The molecule has 12 heavy (non-hydrogen) atoms. The van der Waals surface area contributed by atoms with E-state index >= 15 is 0 Å². The van der Waals surface area contributed by atoms with Gasteiger partial charge in [0.1, 0.15) is 0 Å². The van der Waals surface area contributed by atoms with E-state index in [1.807, 2.05) is 6.92 Å². The fourth-order valence-electron chi connectivity index (χ4n) is 1.87. The molecule has 3 N–H and O–H groups in total. The lowest BCUT2D eigenvalue weighted by molar-refractivity contribution is 0.0776. The van der Waals surface area contributed by atoms with Gasteiger partial charge >= 0.3 is 0 Å². The number of likely N-dealkylation sites (tertiary alicyclic amines) is 1. The van der Waals surface area contributed by atoms with Gasteiger partial charge in [-0.25, -0.2) is 0 Å². The van der Waals surface area contributed by atoms with Crippen molar-refractivity contribution in [3.05, 3.63) is 0 Å². The largest absolute Gasteiger partial charge is 0.392 e. The van der Waals surface area contributed by atoms with Crippen LogP contribution < -0.4 is 5.73 Å². The number of nitrogens with two attached hydrogens (primary N) is 1. The van der Waals surface area contributed by atoms with Crippen molar-refractivity contribution in [1.82, 2.24) is 4.90 Å². The van der Waals surface area contributed by atoms with E-state index < -0.39 is 0 Å². The molecule has 3 nitrogen and oxygen atoms in total. The van der Waals surface area contributed by atoms with E-state index in [4.69, 9.17) is 5.73 Å². The maximum atomic E-state index is 9.22. The van der Waals surface area contributed by atoms with Gasteiger partial charge in [-0.15, -0.1) is 0 Å². The number of rotatable bonds is 2. The van der Waals surface area contributed by atoms with Crippen molar-refractivity contribution in [1.29, 1.82) is 0 Å². The lowest BCUT2D eigenvalue weighted by atomic mass is 9.99. The Morgan fingerprint density at radius 2 is 2.33 bits per heavy atom. The van der Waals surface area contributed by atoms with Crippen molar-refractivity contribution >= 4 is 0 Å². The van der Waals surface area contributed by atoms with E-state index in [9.17, 15) is 5.11 Å². The number of aliphatic hydroxyl groups is 1. The van der Waals surface area contributed by atoms with Crippen LogP contribution in [0.5, 0.6) is 0 Å². The highest BCUT2D eigenvalue weighted by molar-refractivity contribution is 4.81. The van der Waals surface area contributed by atoms with E-state index in [1.54, 1.807) is 0 Å². The monoisotopic (exact) mass is 172 g/mol. The molecule has 3 atom stereocenters. The predicted molar refractivity (Wildman–Crippen MR) is 49.9 cm³/mol. The highest BCUT2D eigenvalue weighted by Gasteiger charge is 2.23. The highest BCUT2D eigenvalue weighted by atomic mass is 16.3. The van der Waals surface area contributed by atoms with Gasteiger partial charge in [0, 0.05) is 18.6 Å². The molecule has 0 spiro atoms. The second-order valence-corrected chi connectivity index (χ2v) is 3.98. The Morgan fingerprint density at radius 3 is 2.83 bits per heavy atom. The van der Waals surface area contributed by atoms with Crippen molar-refractivity contribution in [3.63, 3.8) is 0 Å². The van der Waals surface area contributed by atoms with Gasteiger partial charge in [-0.05, 0) is 33.2 Å². The van der Waals surface area contributed by atoms with E-state index in [0.29, 0.717) is 12.1 Å². The molecule has 1 rings (SSSR count). The van der Waals surface area contributed by atoms with Gasteiger partial charge in [-0.1, -0.05) is 0 Å². The molecule has 0 aliphatic carbocycles. The van der Waals surface area contributed by atoms with Crippen LogP contribution in [0.15, 0.2) is 0 Å². The molecule has 72 valence electrons. The van der Waals surface area contributed by atoms with Gasteiger partial charge in [0.25, 0.3) is 0 Å². The van der Waals surface area contributed by atoms with Crippen molar-refractivity contribution < 1.29 is 5.11 Å². The highest BCUT2D eigenvalue weighted by Crippen LogP contribution is 2.15. The molecule has 1 saturated heterocycles. The third kappa shape index (κ3) is 2.73. The summed E-state index contributed by atoms with van der Waals surface area (Å²) in [6.45, 7) is 5.84. The first-order chi connectivity index (χ1) is 5.59. The van der Waals surface area contributed by atoms with Crippen molar-refractivity contribution in [2.45, 2.75) is 44.9 Å². The average molecular weight is 172 g/mol. The summed E-state index contributed by atoms with van der Waals surface area (Å²) in [5.41, 5.74) is 5.83. The topological polar surface area (TPSA) is 49.5 Å². The minimum Gasteiger partial charge on any atom is -0.392 e. The maximum absolute atomic E-state index is 9.22. The van der Waals surface area contributed by atoms with Crippen LogP contribution in [0.2, 0.25) is 0 Å². The Labute approximate surface area is 74.5 Å². The smallest absolute Gasteiger partial charge is 0.0639 e. The van der Waals surface area contributed by atoms with Crippen LogP contribution in [0, 0.1) is 0 Å². The van der Waals surface area contributed by atoms with Crippen LogP contribution in [0.1, 0.15) is 26.7 Å². The van der Waals surface area contributed by atoms with E-state index in [-0.39, 0.29) is 6.10 Å². The molecule has 0 aromatic heterocycles. The van der Waals surface area contributed by atoms with Crippen LogP contribution in [0.3, 0.4) is 0 Å². The molecule has 2 unspecified atom stereocenters. The number of β-amino-alcohol motifs (C(OH)–C–C–N with tert-alkyl or cyclic N) is 1. The van der Waals surface area contributed by atoms with Crippen LogP contribution in [-0.2, 0) is 0 Å². The Morgan fingerprint density at radius 1 is 1.67 bits per heavy atom. The molecular weight excluding hydrogens is 152 g/mol. The van der Waals surface area contributed by atoms with Gasteiger partial charge in [-0.2, -0.15) is 0 Å². The van der Waals surface area contributed by atoms with E-state index in [2.05, 4.69) is 11.8 Å². The van der Waals surface area contributed by atoms with E-state index in [1.165, 1.54) is 0 Å². The summed E-state index contributed by atoms with van der Waals surface area (Å²) in [5, 5.41) is 9.22. The van der Waals surface area contributed by atoms with E-state index in [0.717, 1.165) is 25.9 Å². The van der Waals surface area contributed by atoms with Gasteiger partial charge in [0.2, 0.25) is 0 Å². The summed E-state index contributed by atoms with van der Waals surface area (Å²) < 4.78 is 0. The van der Waals surface area contributed by atoms with Crippen molar-refractivity contribution in [3.8, 4) is 0 Å².